The molecule has 0 radical (unpaired) electrons. The third-order valence-electron chi connectivity index (χ3n) is 3.29. The molecule has 24 heavy (non-hydrogen) atoms. The average molecular weight is 344 g/mol. The molecule has 1 heterocycles. The van der Waals surface area contributed by atoms with E-state index in [0.29, 0.717) is 22.1 Å². The van der Waals surface area contributed by atoms with E-state index in [1.807, 2.05) is 31.2 Å². The predicted molar refractivity (Wildman–Crippen MR) is 89.8 cm³/mol. The Morgan fingerprint density at radius 2 is 1.96 bits per heavy atom. The molecule has 7 nitrogen and oxygen atoms in total. The fourth-order valence-corrected chi connectivity index (χ4v) is 2.22. The molecular weight excluding hydrogens is 330 g/mol. The number of aryl methyl sites for hydroxylation is 1. The Morgan fingerprint density at radius 3 is 2.67 bits per heavy atom. The number of nitrogens with one attached hydrogen (secondary N) is 1. The maximum Gasteiger partial charge on any atom is 0.297 e. The van der Waals surface area contributed by atoms with Crippen molar-refractivity contribution in [2.75, 3.05) is 12.4 Å². The van der Waals surface area contributed by atoms with Crippen LogP contribution in [0.25, 0.3) is 5.69 Å². The number of carbonyl (C=O) groups is 1. The quantitative estimate of drug-likeness (QED) is 0.787. The van der Waals surface area contributed by atoms with Gasteiger partial charge in [-0.1, -0.05) is 29.3 Å². The molecule has 1 N–H and O–H groups in total. The van der Waals surface area contributed by atoms with Gasteiger partial charge in [-0.05, 0) is 42.5 Å². The Labute approximate surface area is 143 Å². The second kappa shape index (κ2) is 6.67. The summed E-state index contributed by atoms with van der Waals surface area (Å²) < 4.78 is 5.19. The van der Waals surface area contributed by atoms with Crippen molar-refractivity contribution in [3.8, 4) is 11.4 Å². The molecule has 0 saturated heterocycles. The predicted octanol–water partition coefficient (Wildman–Crippen LogP) is 2.89. The van der Waals surface area contributed by atoms with Gasteiger partial charge in [0.15, 0.2) is 0 Å². The molecule has 2 aromatic carbocycles. The summed E-state index contributed by atoms with van der Waals surface area (Å²) in [6.45, 7) is 1.98. The van der Waals surface area contributed by atoms with Crippen LogP contribution in [-0.2, 0) is 0 Å². The summed E-state index contributed by atoms with van der Waals surface area (Å²) in [5.74, 6) is -0.0785. The first-order chi connectivity index (χ1) is 11.6. The second-order valence-corrected chi connectivity index (χ2v) is 5.47. The number of nitrogens with zero attached hydrogens (tertiary/aromatic N) is 4. The average Bonchev–Trinajstić information content (AvgIpc) is 3.06. The number of ether oxygens (including phenoxy) is 1. The largest absolute Gasteiger partial charge is 0.495 e. The van der Waals surface area contributed by atoms with Gasteiger partial charge in [-0.3, -0.25) is 4.79 Å². The number of methoxy groups -OCH3 is 1. The van der Waals surface area contributed by atoms with Gasteiger partial charge >= 0.3 is 0 Å². The molecule has 8 heteroatoms. The van der Waals surface area contributed by atoms with E-state index in [-0.39, 0.29) is 5.82 Å². The molecule has 0 aliphatic carbocycles. The summed E-state index contributed by atoms with van der Waals surface area (Å²) in [6.07, 6.45) is 0. The number of anilines is 1. The monoisotopic (exact) mass is 343 g/mol. The number of amides is 1. The zero-order valence-electron chi connectivity index (χ0n) is 13.0. The molecular formula is C16H14ClN5O2. The summed E-state index contributed by atoms with van der Waals surface area (Å²) in [4.78, 5) is 13.6. The van der Waals surface area contributed by atoms with Crippen molar-refractivity contribution in [3.63, 3.8) is 0 Å². The van der Waals surface area contributed by atoms with Gasteiger partial charge in [-0.25, -0.2) is 0 Å². The second-order valence-electron chi connectivity index (χ2n) is 5.04. The smallest absolute Gasteiger partial charge is 0.297 e. The lowest BCUT2D eigenvalue weighted by Crippen LogP contribution is -2.15. The molecule has 0 aliphatic rings. The number of hydrogen-bond acceptors (Lipinski definition) is 5. The van der Waals surface area contributed by atoms with Crippen molar-refractivity contribution in [2.24, 2.45) is 0 Å². The summed E-state index contributed by atoms with van der Waals surface area (Å²) in [7, 11) is 1.50. The van der Waals surface area contributed by atoms with E-state index in [1.165, 1.54) is 11.9 Å². The standard InChI is InChI=1S/C16H14ClN5O2/c1-10-3-6-12(7-4-10)22-20-15(19-21-22)16(23)18-13-9-11(17)5-8-14(13)24-2/h3-9H,1-2H3,(H,18,23). The van der Waals surface area contributed by atoms with Crippen LogP contribution in [0.1, 0.15) is 16.2 Å². The SMILES string of the molecule is COc1ccc(Cl)cc1NC(=O)c1nnn(-c2ccc(C)cc2)n1. The van der Waals surface area contributed by atoms with Crippen molar-refractivity contribution < 1.29 is 9.53 Å². The number of halogens is 1. The van der Waals surface area contributed by atoms with E-state index in [4.69, 9.17) is 16.3 Å². The first kappa shape index (κ1) is 15.9. The van der Waals surface area contributed by atoms with Gasteiger partial charge in [0.1, 0.15) is 5.75 Å². The Kier molecular flexibility index (Phi) is 4.43. The van der Waals surface area contributed by atoms with Crippen LogP contribution in [0.15, 0.2) is 42.5 Å². The van der Waals surface area contributed by atoms with Crippen molar-refractivity contribution in [2.45, 2.75) is 6.92 Å². The highest BCUT2D eigenvalue weighted by Crippen LogP contribution is 2.27. The fourth-order valence-electron chi connectivity index (χ4n) is 2.05. The third kappa shape index (κ3) is 3.36. The lowest BCUT2D eigenvalue weighted by Gasteiger charge is -2.08. The van der Waals surface area contributed by atoms with Crippen LogP contribution in [-0.4, -0.2) is 33.2 Å². The van der Waals surface area contributed by atoms with E-state index < -0.39 is 5.91 Å². The van der Waals surface area contributed by atoms with E-state index in [9.17, 15) is 4.79 Å². The molecule has 3 aromatic rings. The van der Waals surface area contributed by atoms with Gasteiger partial charge in [0.2, 0.25) is 0 Å². The molecule has 0 fully saturated rings. The van der Waals surface area contributed by atoms with Gasteiger partial charge < -0.3 is 10.1 Å². The minimum absolute atomic E-state index is 0.0578. The van der Waals surface area contributed by atoms with Crippen molar-refractivity contribution >= 4 is 23.2 Å². The Morgan fingerprint density at radius 1 is 1.21 bits per heavy atom. The summed E-state index contributed by atoms with van der Waals surface area (Å²) in [6, 6.07) is 12.5. The lowest BCUT2D eigenvalue weighted by atomic mass is 10.2. The maximum atomic E-state index is 12.3. The Bertz CT molecular complexity index is 876. The van der Waals surface area contributed by atoms with Crippen LogP contribution >= 0.6 is 11.6 Å². The van der Waals surface area contributed by atoms with Gasteiger partial charge in [-0.15, -0.1) is 15.0 Å². The fraction of sp³-hybridized carbons (Fsp3) is 0.125. The van der Waals surface area contributed by atoms with Gasteiger partial charge in [-0.2, -0.15) is 0 Å². The highest BCUT2D eigenvalue weighted by atomic mass is 35.5. The topological polar surface area (TPSA) is 81.9 Å². The highest BCUT2D eigenvalue weighted by Gasteiger charge is 2.16. The third-order valence-corrected chi connectivity index (χ3v) is 3.53. The van der Waals surface area contributed by atoms with Crippen LogP contribution < -0.4 is 10.1 Å². The van der Waals surface area contributed by atoms with Gasteiger partial charge in [0.25, 0.3) is 11.7 Å². The van der Waals surface area contributed by atoms with Crippen molar-refractivity contribution in [1.29, 1.82) is 0 Å². The zero-order valence-corrected chi connectivity index (χ0v) is 13.8. The molecule has 3 rings (SSSR count). The molecule has 0 aliphatic heterocycles. The van der Waals surface area contributed by atoms with E-state index >= 15 is 0 Å². The molecule has 0 saturated carbocycles. The van der Waals surface area contributed by atoms with Gasteiger partial charge in [0, 0.05) is 5.02 Å². The molecule has 122 valence electrons. The van der Waals surface area contributed by atoms with Crippen molar-refractivity contribution in [1.82, 2.24) is 20.2 Å². The highest BCUT2D eigenvalue weighted by molar-refractivity contribution is 6.31. The number of carbonyl (C=O) groups excluding carboxylic acids is 1. The van der Waals surface area contributed by atoms with Crippen LogP contribution in [0.3, 0.4) is 0 Å². The van der Waals surface area contributed by atoms with E-state index in [2.05, 4.69) is 20.7 Å². The van der Waals surface area contributed by atoms with Crippen LogP contribution in [0.4, 0.5) is 5.69 Å². The molecule has 1 amide bonds. The van der Waals surface area contributed by atoms with Gasteiger partial charge in [0.05, 0.1) is 18.5 Å². The molecule has 0 unspecified atom stereocenters. The van der Waals surface area contributed by atoms with E-state index in [1.54, 1.807) is 18.2 Å². The normalized spacial score (nSPS) is 10.5. The summed E-state index contributed by atoms with van der Waals surface area (Å²) >= 11 is 5.95. The number of benzene rings is 2. The minimum Gasteiger partial charge on any atom is -0.495 e. The maximum absolute atomic E-state index is 12.3. The molecule has 0 bridgehead atoms. The zero-order chi connectivity index (χ0) is 17.1. The number of hydrogen-bond donors (Lipinski definition) is 1. The minimum atomic E-state index is -0.506. The van der Waals surface area contributed by atoms with Crippen LogP contribution in [0.5, 0.6) is 5.75 Å². The van der Waals surface area contributed by atoms with Crippen LogP contribution in [0.2, 0.25) is 5.02 Å². The number of aromatic nitrogens is 4. The molecule has 0 atom stereocenters. The Balaban J connectivity index is 1.81. The Hall–Kier alpha value is -2.93. The summed E-state index contributed by atoms with van der Waals surface area (Å²) in [5.41, 5.74) is 2.26. The lowest BCUT2D eigenvalue weighted by molar-refractivity contribution is 0.101. The van der Waals surface area contributed by atoms with Crippen molar-refractivity contribution in [3.05, 3.63) is 58.9 Å². The number of rotatable bonds is 4. The molecule has 1 aromatic heterocycles. The number of tetrazole rings is 1. The first-order valence-electron chi connectivity index (χ1n) is 7.09. The molecule has 0 spiro atoms. The van der Waals surface area contributed by atoms with Crippen LogP contribution in [0, 0.1) is 6.92 Å². The first-order valence-corrected chi connectivity index (χ1v) is 7.46. The summed E-state index contributed by atoms with van der Waals surface area (Å²) in [5, 5.41) is 14.9. The van der Waals surface area contributed by atoms with E-state index in [0.717, 1.165) is 5.56 Å².